The lowest BCUT2D eigenvalue weighted by atomic mass is 9.86. The van der Waals surface area contributed by atoms with E-state index in [9.17, 15) is 4.79 Å². The van der Waals surface area contributed by atoms with Gasteiger partial charge in [0, 0.05) is 11.6 Å². The third kappa shape index (κ3) is 3.61. The standard InChI is InChI=1S/C20H24N2O/c1-14-8-6-7-11-18(14)22-20(23)17-12-13-19(21-15(17)2)16-9-4-3-5-10-16/h3-5,9-10,12-14,18H,6-8,11H2,1-2H3,(H,22,23). The van der Waals surface area contributed by atoms with Crippen molar-refractivity contribution >= 4 is 5.91 Å². The topological polar surface area (TPSA) is 42.0 Å². The van der Waals surface area contributed by atoms with Crippen molar-refractivity contribution in [3.05, 3.63) is 53.7 Å². The predicted molar refractivity (Wildman–Crippen MR) is 93.3 cm³/mol. The van der Waals surface area contributed by atoms with Crippen LogP contribution in [0, 0.1) is 12.8 Å². The van der Waals surface area contributed by atoms with E-state index in [1.165, 1.54) is 19.3 Å². The van der Waals surface area contributed by atoms with Crippen LogP contribution < -0.4 is 5.32 Å². The Labute approximate surface area is 138 Å². The first-order chi connectivity index (χ1) is 11.1. The summed E-state index contributed by atoms with van der Waals surface area (Å²) in [4.78, 5) is 17.2. The van der Waals surface area contributed by atoms with Crippen molar-refractivity contribution in [3.8, 4) is 11.3 Å². The van der Waals surface area contributed by atoms with Gasteiger partial charge in [0.15, 0.2) is 0 Å². The van der Waals surface area contributed by atoms with E-state index in [4.69, 9.17) is 0 Å². The lowest BCUT2D eigenvalue weighted by Crippen LogP contribution is -2.41. The van der Waals surface area contributed by atoms with Gasteiger partial charge in [-0.3, -0.25) is 9.78 Å². The number of hydrogen-bond donors (Lipinski definition) is 1. The molecule has 3 rings (SSSR count). The Hall–Kier alpha value is -2.16. The number of amides is 1. The molecule has 3 heteroatoms. The van der Waals surface area contributed by atoms with Crippen molar-refractivity contribution in [1.29, 1.82) is 0 Å². The second-order valence-corrected chi connectivity index (χ2v) is 6.54. The fourth-order valence-corrected chi connectivity index (χ4v) is 3.35. The molecule has 1 amide bonds. The summed E-state index contributed by atoms with van der Waals surface area (Å²) in [6.45, 7) is 4.14. The number of benzene rings is 1. The maximum absolute atomic E-state index is 12.6. The minimum Gasteiger partial charge on any atom is -0.349 e. The number of carbonyl (C=O) groups is 1. The number of hydrogen-bond acceptors (Lipinski definition) is 2. The van der Waals surface area contributed by atoms with Crippen LogP contribution in [0.15, 0.2) is 42.5 Å². The molecule has 2 aromatic rings. The molecule has 23 heavy (non-hydrogen) atoms. The normalized spacial score (nSPS) is 21.0. The van der Waals surface area contributed by atoms with Crippen molar-refractivity contribution in [2.24, 2.45) is 5.92 Å². The van der Waals surface area contributed by atoms with Gasteiger partial charge >= 0.3 is 0 Å². The fourth-order valence-electron chi connectivity index (χ4n) is 3.35. The van der Waals surface area contributed by atoms with Crippen molar-refractivity contribution in [2.45, 2.75) is 45.6 Å². The van der Waals surface area contributed by atoms with Gasteiger partial charge in [-0.1, -0.05) is 50.1 Å². The Morgan fingerprint density at radius 1 is 1.09 bits per heavy atom. The monoisotopic (exact) mass is 308 g/mol. The molecule has 2 atom stereocenters. The number of pyridine rings is 1. The molecule has 120 valence electrons. The van der Waals surface area contributed by atoms with Crippen LogP contribution in [0.5, 0.6) is 0 Å². The van der Waals surface area contributed by atoms with Gasteiger partial charge in [0.05, 0.1) is 17.0 Å². The zero-order valence-corrected chi connectivity index (χ0v) is 13.9. The number of nitrogens with zero attached hydrogens (tertiary/aromatic N) is 1. The molecule has 0 radical (unpaired) electrons. The van der Waals surface area contributed by atoms with Crippen LogP contribution in [0.4, 0.5) is 0 Å². The van der Waals surface area contributed by atoms with E-state index in [-0.39, 0.29) is 5.91 Å². The molecule has 1 fully saturated rings. The average molecular weight is 308 g/mol. The van der Waals surface area contributed by atoms with E-state index < -0.39 is 0 Å². The highest BCUT2D eigenvalue weighted by molar-refractivity contribution is 5.95. The van der Waals surface area contributed by atoms with Crippen LogP contribution in [0.25, 0.3) is 11.3 Å². The summed E-state index contributed by atoms with van der Waals surface area (Å²) >= 11 is 0. The molecule has 0 saturated heterocycles. The van der Waals surface area contributed by atoms with Crippen molar-refractivity contribution < 1.29 is 4.79 Å². The number of rotatable bonds is 3. The molecule has 0 aliphatic heterocycles. The van der Waals surface area contributed by atoms with E-state index in [1.54, 1.807) is 0 Å². The van der Waals surface area contributed by atoms with Crippen molar-refractivity contribution in [3.63, 3.8) is 0 Å². The molecular formula is C20H24N2O. The SMILES string of the molecule is Cc1nc(-c2ccccc2)ccc1C(=O)NC1CCCCC1C. The lowest BCUT2D eigenvalue weighted by Gasteiger charge is -2.29. The maximum Gasteiger partial charge on any atom is 0.253 e. The number of aryl methyl sites for hydroxylation is 1. The van der Waals surface area contributed by atoms with E-state index in [0.717, 1.165) is 23.4 Å². The molecule has 1 aliphatic carbocycles. The smallest absolute Gasteiger partial charge is 0.253 e. The first kappa shape index (κ1) is 15.7. The quantitative estimate of drug-likeness (QED) is 0.915. The van der Waals surface area contributed by atoms with E-state index in [1.807, 2.05) is 49.4 Å². The van der Waals surface area contributed by atoms with Gasteiger partial charge in [-0.15, -0.1) is 0 Å². The van der Waals surface area contributed by atoms with Crippen LogP contribution in [-0.2, 0) is 0 Å². The summed E-state index contributed by atoms with van der Waals surface area (Å²) < 4.78 is 0. The number of nitrogens with one attached hydrogen (secondary N) is 1. The van der Waals surface area contributed by atoms with Crippen LogP contribution in [0.3, 0.4) is 0 Å². The molecule has 1 heterocycles. The van der Waals surface area contributed by atoms with Gasteiger partial charge in [0.25, 0.3) is 5.91 Å². The van der Waals surface area contributed by atoms with Gasteiger partial charge in [0.1, 0.15) is 0 Å². The highest BCUT2D eigenvalue weighted by Crippen LogP contribution is 2.24. The molecule has 0 bridgehead atoms. The Bertz CT molecular complexity index is 681. The zero-order valence-electron chi connectivity index (χ0n) is 13.9. The highest BCUT2D eigenvalue weighted by atomic mass is 16.1. The second-order valence-electron chi connectivity index (χ2n) is 6.54. The second kappa shape index (κ2) is 6.95. The minimum absolute atomic E-state index is 0.00774. The van der Waals surface area contributed by atoms with Gasteiger partial charge in [0.2, 0.25) is 0 Å². The Kier molecular flexibility index (Phi) is 4.75. The Morgan fingerprint density at radius 2 is 1.83 bits per heavy atom. The highest BCUT2D eigenvalue weighted by Gasteiger charge is 2.24. The maximum atomic E-state index is 12.6. The minimum atomic E-state index is 0.00774. The third-order valence-electron chi connectivity index (χ3n) is 4.83. The van der Waals surface area contributed by atoms with Gasteiger partial charge in [-0.25, -0.2) is 0 Å². The fraction of sp³-hybridized carbons (Fsp3) is 0.400. The summed E-state index contributed by atoms with van der Waals surface area (Å²) in [7, 11) is 0. The summed E-state index contributed by atoms with van der Waals surface area (Å²) in [5, 5.41) is 3.21. The van der Waals surface area contributed by atoms with Gasteiger partial charge in [-0.05, 0) is 37.8 Å². The van der Waals surface area contributed by atoms with Crippen LogP contribution in [0.2, 0.25) is 0 Å². The zero-order chi connectivity index (χ0) is 16.2. The first-order valence-corrected chi connectivity index (χ1v) is 8.49. The summed E-state index contributed by atoms with van der Waals surface area (Å²) in [5.74, 6) is 0.568. The Balaban J connectivity index is 1.76. The molecule has 1 aromatic carbocycles. The van der Waals surface area contributed by atoms with Crippen molar-refractivity contribution in [1.82, 2.24) is 10.3 Å². The molecule has 0 spiro atoms. The third-order valence-corrected chi connectivity index (χ3v) is 4.83. The molecule has 1 saturated carbocycles. The van der Waals surface area contributed by atoms with E-state index in [2.05, 4.69) is 17.2 Å². The first-order valence-electron chi connectivity index (χ1n) is 8.49. The van der Waals surface area contributed by atoms with E-state index >= 15 is 0 Å². The summed E-state index contributed by atoms with van der Waals surface area (Å²) in [6.07, 6.45) is 4.77. The largest absolute Gasteiger partial charge is 0.349 e. The number of aromatic nitrogens is 1. The molecule has 2 unspecified atom stereocenters. The average Bonchev–Trinajstić information content (AvgIpc) is 2.57. The number of carbonyl (C=O) groups excluding carboxylic acids is 1. The van der Waals surface area contributed by atoms with Gasteiger partial charge < -0.3 is 5.32 Å². The van der Waals surface area contributed by atoms with Crippen LogP contribution in [0.1, 0.15) is 48.7 Å². The Morgan fingerprint density at radius 3 is 2.52 bits per heavy atom. The molecular weight excluding hydrogens is 284 g/mol. The summed E-state index contributed by atoms with van der Waals surface area (Å²) in [5.41, 5.74) is 3.45. The van der Waals surface area contributed by atoms with Crippen LogP contribution >= 0.6 is 0 Å². The van der Waals surface area contributed by atoms with Gasteiger partial charge in [-0.2, -0.15) is 0 Å². The molecule has 1 N–H and O–H groups in total. The molecule has 1 aromatic heterocycles. The van der Waals surface area contributed by atoms with E-state index in [0.29, 0.717) is 17.5 Å². The molecule has 1 aliphatic rings. The lowest BCUT2D eigenvalue weighted by molar-refractivity contribution is 0.0909. The van der Waals surface area contributed by atoms with Crippen LogP contribution in [-0.4, -0.2) is 16.9 Å². The molecule has 3 nitrogen and oxygen atoms in total. The summed E-state index contributed by atoms with van der Waals surface area (Å²) in [6, 6.07) is 14.2. The predicted octanol–water partition coefficient (Wildman–Crippen LogP) is 4.37. The van der Waals surface area contributed by atoms with Crippen molar-refractivity contribution in [2.75, 3.05) is 0 Å².